The van der Waals surface area contributed by atoms with E-state index in [0.717, 1.165) is 23.4 Å². The van der Waals surface area contributed by atoms with E-state index < -0.39 is 0 Å². The van der Waals surface area contributed by atoms with Gasteiger partial charge in [-0.2, -0.15) is 0 Å². The number of alkyl halides is 1. The van der Waals surface area contributed by atoms with Gasteiger partial charge in [0.25, 0.3) is 0 Å². The van der Waals surface area contributed by atoms with Crippen LogP contribution in [0.15, 0.2) is 22.8 Å². The highest BCUT2D eigenvalue weighted by Gasteiger charge is 2.06. The molecule has 0 fully saturated rings. The van der Waals surface area contributed by atoms with Gasteiger partial charge in [-0.25, -0.2) is 4.98 Å². The Morgan fingerprint density at radius 2 is 2.27 bits per heavy atom. The zero-order chi connectivity index (χ0) is 11.1. The molecule has 0 amide bonds. The number of pyridine rings is 1. The molecular weight excluding hydrogens is 279 g/mol. The molecule has 15 heavy (non-hydrogen) atoms. The van der Waals surface area contributed by atoms with Gasteiger partial charge in [-0.05, 0) is 28.1 Å². The van der Waals surface area contributed by atoms with Gasteiger partial charge in [-0.3, -0.25) is 0 Å². The maximum Gasteiger partial charge on any atom is 0.128 e. The van der Waals surface area contributed by atoms with E-state index in [1.165, 1.54) is 0 Å². The first kappa shape index (κ1) is 12.7. The summed E-state index contributed by atoms with van der Waals surface area (Å²) in [5.74, 6) is 1.51. The predicted octanol–water partition coefficient (Wildman–Crippen LogP) is 2.54. The van der Waals surface area contributed by atoms with E-state index in [2.05, 4.69) is 25.8 Å². The van der Waals surface area contributed by atoms with Gasteiger partial charge in [0, 0.05) is 36.7 Å². The van der Waals surface area contributed by atoms with Crippen LogP contribution in [0.1, 0.15) is 0 Å². The van der Waals surface area contributed by atoms with Crippen molar-refractivity contribution in [1.82, 2.24) is 4.98 Å². The van der Waals surface area contributed by atoms with Gasteiger partial charge in [0.15, 0.2) is 0 Å². The molecule has 1 aromatic heterocycles. The lowest BCUT2D eigenvalue weighted by Crippen LogP contribution is -2.29. The monoisotopic (exact) mass is 292 g/mol. The molecule has 0 unspecified atom stereocenters. The first-order valence-corrected chi connectivity index (χ1v) is 6.02. The molecule has 0 bridgehead atoms. The fraction of sp³-hybridized carbons (Fsp3) is 0.500. The maximum absolute atomic E-state index is 5.74. The highest BCUT2D eigenvalue weighted by Crippen LogP contribution is 2.14. The van der Waals surface area contributed by atoms with Crippen molar-refractivity contribution in [2.45, 2.75) is 0 Å². The second kappa shape index (κ2) is 7.04. The number of halogens is 2. The molecule has 0 saturated heterocycles. The molecule has 84 valence electrons. The zero-order valence-electron chi connectivity index (χ0n) is 8.62. The minimum atomic E-state index is 0.585. The van der Waals surface area contributed by atoms with Crippen LogP contribution in [-0.2, 0) is 4.74 Å². The van der Waals surface area contributed by atoms with Crippen molar-refractivity contribution in [2.24, 2.45) is 0 Å². The Morgan fingerprint density at radius 1 is 1.47 bits per heavy atom. The molecule has 0 atom stereocenters. The lowest BCUT2D eigenvalue weighted by atomic mass is 10.4. The average Bonchev–Trinajstić information content (AvgIpc) is 2.25. The van der Waals surface area contributed by atoms with E-state index in [9.17, 15) is 0 Å². The van der Waals surface area contributed by atoms with Crippen molar-refractivity contribution in [1.29, 1.82) is 0 Å². The number of ether oxygens (including phenoxy) is 1. The first-order chi connectivity index (χ1) is 7.27. The third kappa shape index (κ3) is 4.36. The second-order valence-corrected chi connectivity index (χ2v) is 4.30. The van der Waals surface area contributed by atoms with Gasteiger partial charge in [0.05, 0.1) is 6.61 Å². The van der Waals surface area contributed by atoms with E-state index in [-0.39, 0.29) is 0 Å². The number of nitrogens with zero attached hydrogens (tertiary/aromatic N) is 2. The molecular formula is C10H14BrClN2O. The van der Waals surface area contributed by atoms with Crippen molar-refractivity contribution in [3.8, 4) is 0 Å². The minimum absolute atomic E-state index is 0.585. The van der Waals surface area contributed by atoms with E-state index in [1.807, 2.05) is 12.1 Å². The van der Waals surface area contributed by atoms with Gasteiger partial charge in [-0.1, -0.05) is 0 Å². The van der Waals surface area contributed by atoms with E-state index in [4.69, 9.17) is 16.3 Å². The molecule has 3 nitrogen and oxygen atoms in total. The molecule has 0 radical (unpaired) electrons. The summed E-state index contributed by atoms with van der Waals surface area (Å²) in [4.78, 5) is 6.42. The fourth-order valence-electron chi connectivity index (χ4n) is 1.20. The topological polar surface area (TPSA) is 25.4 Å². The fourth-order valence-corrected chi connectivity index (χ4v) is 1.64. The van der Waals surface area contributed by atoms with E-state index in [0.29, 0.717) is 12.5 Å². The third-order valence-corrected chi connectivity index (χ3v) is 2.59. The standard InChI is InChI=1S/C10H14BrClN2O/c1-15-7-6-14(5-4-12)10-3-2-9(11)8-13-10/h2-3,8H,4-7H2,1H3. The highest BCUT2D eigenvalue weighted by atomic mass is 79.9. The van der Waals surface area contributed by atoms with Gasteiger partial charge in [0.2, 0.25) is 0 Å². The Bertz CT molecular complexity index is 281. The number of methoxy groups -OCH3 is 1. The largest absolute Gasteiger partial charge is 0.383 e. The summed E-state index contributed by atoms with van der Waals surface area (Å²) in [6.07, 6.45) is 1.78. The molecule has 1 rings (SSSR count). The molecule has 0 aliphatic rings. The van der Waals surface area contributed by atoms with Crippen LogP contribution in [0.2, 0.25) is 0 Å². The lowest BCUT2D eigenvalue weighted by Gasteiger charge is -2.22. The summed E-state index contributed by atoms with van der Waals surface area (Å²) in [5.41, 5.74) is 0. The quantitative estimate of drug-likeness (QED) is 0.754. The molecule has 0 aliphatic carbocycles. The Balaban J connectivity index is 2.65. The molecule has 5 heteroatoms. The van der Waals surface area contributed by atoms with Crippen molar-refractivity contribution >= 4 is 33.3 Å². The normalized spacial score (nSPS) is 10.3. The van der Waals surface area contributed by atoms with Crippen LogP contribution in [0.4, 0.5) is 5.82 Å². The van der Waals surface area contributed by atoms with Crippen LogP contribution in [-0.4, -0.2) is 37.7 Å². The Hall–Kier alpha value is -0.320. The molecule has 1 heterocycles. The van der Waals surface area contributed by atoms with E-state index in [1.54, 1.807) is 13.3 Å². The number of aromatic nitrogens is 1. The van der Waals surface area contributed by atoms with Gasteiger partial charge in [0.1, 0.15) is 5.82 Å². The van der Waals surface area contributed by atoms with Crippen LogP contribution in [0.3, 0.4) is 0 Å². The van der Waals surface area contributed by atoms with Crippen LogP contribution in [0, 0.1) is 0 Å². The summed E-state index contributed by atoms with van der Waals surface area (Å²) in [5, 5.41) is 0. The van der Waals surface area contributed by atoms with Crippen LogP contribution in [0.5, 0.6) is 0 Å². The molecule has 0 saturated carbocycles. The molecule has 0 aliphatic heterocycles. The second-order valence-electron chi connectivity index (χ2n) is 3.00. The number of hydrogen-bond donors (Lipinski definition) is 0. The van der Waals surface area contributed by atoms with Crippen LogP contribution in [0.25, 0.3) is 0 Å². The van der Waals surface area contributed by atoms with Crippen molar-refractivity contribution in [3.63, 3.8) is 0 Å². The molecule has 0 N–H and O–H groups in total. The summed E-state index contributed by atoms with van der Waals surface area (Å²) in [6, 6.07) is 3.93. The van der Waals surface area contributed by atoms with Gasteiger partial charge in [-0.15, -0.1) is 11.6 Å². The van der Waals surface area contributed by atoms with Crippen molar-refractivity contribution < 1.29 is 4.74 Å². The third-order valence-electron chi connectivity index (χ3n) is 1.96. The van der Waals surface area contributed by atoms with Crippen LogP contribution < -0.4 is 4.90 Å². The van der Waals surface area contributed by atoms with Gasteiger partial charge >= 0.3 is 0 Å². The minimum Gasteiger partial charge on any atom is -0.383 e. The molecule has 0 spiro atoms. The smallest absolute Gasteiger partial charge is 0.128 e. The summed E-state index contributed by atoms with van der Waals surface area (Å²) >= 11 is 9.09. The Morgan fingerprint density at radius 3 is 2.80 bits per heavy atom. The van der Waals surface area contributed by atoms with Gasteiger partial charge < -0.3 is 9.64 Å². The van der Waals surface area contributed by atoms with Crippen LogP contribution >= 0.6 is 27.5 Å². The molecule has 1 aromatic rings. The van der Waals surface area contributed by atoms with Crippen molar-refractivity contribution in [2.75, 3.05) is 37.6 Å². The lowest BCUT2D eigenvalue weighted by molar-refractivity contribution is 0.205. The Labute approximate surface area is 104 Å². The Kier molecular flexibility index (Phi) is 5.98. The highest BCUT2D eigenvalue weighted by molar-refractivity contribution is 9.10. The summed E-state index contributed by atoms with van der Waals surface area (Å²) < 4.78 is 6.02. The average molecular weight is 294 g/mol. The maximum atomic E-state index is 5.74. The summed E-state index contributed by atoms with van der Waals surface area (Å²) in [7, 11) is 1.69. The first-order valence-electron chi connectivity index (χ1n) is 4.69. The predicted molar refractivity (Wildman–Crippen MR) is 66.7 cm³/mol. The number of hydrogen-bond acceptors (Lipinski definition) is 3. The van der Waals surface area contributed by atoms with E-state index >= 15 is 0 Å². The molecule has 0 aromatic carbocycles. The van der Waals surface area contributed by atoms with Crippen molar-refractivity contribution in [3.05, 3.63) is 22.8 Å². The SMILES string of the molecule is COCCN(CCCl)c1ccc(Br)cn1. The number of anilines is 1. The zero-order valence-corrected chi connectivity index (χ0v) is 11.0. The number of rotatable bonds is 6. The summed E-state index contributed by atoms with van der Waals surface area (Å²) in [6.45, 7) is 2.26.